The molecule has 0 atom stereocenters. The number of fused-ring (bicyclic) bond motifs is 1. The van der Waals surface area contributed by atoms with Crippen molar-refractivity contribution in [2.75, 3.05) is 7.11 Å². The van der Waals surface area contributed by atoms with Gasteiger partial charge in [0.15, 0.2) is 6.29 Å². The van der Waals surface area contributed by atoms with Crippen LogP contribution in [0.15, 0.2) is 54.6 Å². The van der Waals surface area contributed by atoms with Crippen LogP contribution in [0.5, 0.6) is 5.75 Å². The molecule has 5 heteroatoms. The van der Waals surface area contributed by atoms with Crippen molar-refractivity contribution in [3.63, 3.8) is 0 Å². The second-order valence-electron chi connectivity index (χ2n) is 7.13. The summed E-state index contributed by atoms with van der Waals surface area (Å²) in [6, 6.07) is 17.2. The predicted molar refractivity (Wildman–Crippen MR) is 110 cm³/mol. The van der Waals surface area contributed by atoms with E-state index < -0.39 is 0 Å². The molecule has 0 N–H and O–H groups in total. The predicted octanol–water partition coefficient (Wildman–Crippen LogP) is 4.67. The summed E-state index contributed by atoms with van der Waals surface area (Å²) in [6.07, 6.45) is 3.76. The zero-order valence-corrected chi connectivity index (χ0v) is 16.4. The fourth-order valence-electron chi connectivity index (χ4n) is 3.89. The number of aromatic nitrogens is 1. The van der Waals surface area contributed by atoms with E-state index in [1.165, 1.54) is 7.11 Å². The van der Waals surface area contributed by atoms with Gasteiger partial charge in [0.25, 0.3) is 0 Å². The Labute approximate surface area is 169 Å². The fourth-order valence-corrected chi connectivity index (χ4v) is 3.89. The van der Waals surface area contributed by atoms with Crippen LogP contribution in [0.3, 0.4) is 0 Å². The van der Waals surface area contributed by atoms with E-state index in [9.17, 15) is 9.59 Å². The van der Waals surface area contributed by atoms with Crippen LogP contribution in [0.1, 0.15) is 44.8 Å². The molecule has 2 heterocycles. The van der Waals surface area contributed by atoms with Crippen molar-refractivity contribution in [1.82, 2.24) is 4.57 Å². The zero-order chi connectivity index (χ0) is 20.2. The molecule has 0 saturated heterocycles. The first kappa shape index (κ1) is 19.0. The van der Waals surface area contributed by atoms with Gasteiger partial charge in [-0.3, -0.25) is 4.79 Å². The quantitative estimate of drug-likeness (QED) is 0.454. The molecule has 2 aromatic carbocycles. The topological polar surface area (TPSA) is 57.5 Å². The Balaban J connectivity index is 1.67. The maximum Gasteiger partial charge on any atom is 0.339 e. The summed E-state index contributed by atoms with van der Waals surface area (Å²) in [4.78, 5) is 24.1. The van der Waals surface area contributed by atoms with Crippen LogP contribution in [0.25, 0.3) is 11.3 Å². The van der Waals surface area contributed by atoms with Gasteiger partial charge in [-0.05, 0) is 49.1 Å². The third-order valence-electron chi connectivity index (χ3n) is 5.33. The molecular formula is C24H23NO4. The number of esters is 1. The normalized spacial score (nSPS) is 12.9. The van der Waals surface area contributed by atoms with Gasteiger partial charge in [-0.25, -0.2) is 4.79 Å². The Bertz CT molecular complexity index is 1040. The number of carbonyl (C=O) groups is 2. The van der Waals surface area contributed by atoms with Crippen LogP contribution >= 0.6 is 0 Å². The van der Waals surface area contributed by atoms with Crippen molar-refractivity contribution < 1.29 is 19.1 Å². The van der Waals surface area contributed by atoms with E-state index in [0.29, 0.717) is 23.5 Å². The Kier molecular flexibility index (Phi) is 5.47. The highest BCUT2D eigenvalue weighted by Crippen LogP contribution is 2.34. The van der Waals surface area contributed by atoms with E-state index in [2.05, 4.69) is 4.57 Å². The molecule has 5 nitrogen and oxygen atoms in total. The van der Waals surface area contributed by atoms with Crippen LogP contribution in [-0.4, -0.2) is 23.9 Å². The summed E-state index contributed by atoms with van der Waals surface area (Å²) in [6.45, 7) is 1.26. The van der Waals surface area contributed by atoms with Crippen LogP contribution in [0.4, 0.5) is 0 Å². The van der Waals surface area contributed by atoms with Gasteiger partial charge >= 0.3 is 5.97 Å². The summed E-state index contributed by atoms with van der Waals surface area (Å²) in [5, 5.41) is 0. The molecular weight excluding hydrogens is 366 g/mol. The molecule has 0 bridgehead atoms. The Morgan fingerprint density at radius 3 is 2.69 bits per heavy atom. The molecule has 0 aliphatic carbocycles. The molecule has 0 spiro atoms. The van der Waals surface area contributed by atoms with Crippen molar-refractivity contribution in [3.05, 3.63) is 77.0 Å². The number of nitrogens with zero attached hydrogens (tertiary/aromatic N) is 1. The standard InChI is InChI=1S/C24H23NO4/c1-28-24(27)21-14-23(25-12-6-5-9-22(21)25)20-11-10-19(13-18(20)15-26)29-16-17-7-3-2-4-8-17/h2-4,7-8,10-11,13-15H,5-6,9,12,16H2,1H3. The van der Waals surface area contributed by atoms with Gasteiger partial charge < -0.3 is 14.0 Å². The van der Waals surface area contributed by atoms with Crippen LogP contribution in [0.2, 0.25) is 0 Å². The molecule has 0 amide bonds. The molecule has 29 heavy (non-hydrogen) atoms. The lowest BCUT2D eigenvalue weighted by Gasteiger charge is -2.19. The van der Waals surface area contributed by atoms with Gasteiger partial charge in [-0.1, -0.05) is 30.3 Å². The molecule has 1 aliphatic rings. The Morgan fingerprint density at radius 1 is 1.10 bits per heavy atom. The third kappa shape index (κ3) is 3.81. The number of ether oxygens (including phenoxy) is 2. The number of hydrogen-bond donors (Lipinski definition) is 0. The van der Waals surface area contributed by atoms with Crippen LogP contribution < -0.4 is 4.74 Å². The highest BCUT2D eigenvalue weighted by molar-refractivity contribution is 5.95. The fraction of sp³-hybridized carbons (Fsp3) is 0.250. The van der Waals surface area contributed by atoms with E-state index in [4.69, 9.17) is 9.47 Å². The van der Waals surface area contributed by atoms with Gasteiger partial charge in [-0.15, -0.1) is 0 Å². The molecule has 148 valence electrons. The van der Waals surface area contributed by atoms with Gasteiger partial charge in [0.1, 0.15) is 12.4 Å². The average Bonchev–Trinajstić information content (AvgIpc) is 3.17. The molecule has 0 saturated carbocycles. The van der Waals surface area contributed by atoms with E-state index in [1.807, 2.05) is 48.5 Å². The molecule has 1 aromatic heterocycles. The molecule has 0 fully saturated rings. The minimum absolute atomic E-state index is 0.336. The first-order valence-corrected chi connectivity index (χ1v) is 9.78. The number of rotatable bonds is 6. The highest BCUT2D eigenvalue weighted by atomic mass is 16.5. The number of benzene rings is 2. The first-order valence-electron chi connectivity index (χ1n) is 9.78. The molecule has 0 radical (unpaired) electrons. The lowest BCUT2D eigenvalue weighted by atomic mass is 10.0. The second kappa shape index (κ2) is 8.35. The summed E-state index contributed by atoms with van der Waals surface area (Å²) in [5.74, 6) is 0.302. The molecule has 0 unspecified atom stereocenters. The number of aldehydes is 1. The lowest BCUT2D eigenvalue weighted by Crippen LogP contribution is -2.14. The zero-order valence-electron chi connectivity index (χ0n) is 16.4. The number of methoxy groups -OCH3 is 1. The Morgan fingerprint density at radius 2 is 1.93 bits per heavy atom. The Hall–Kier alpha value is -3.34. The van der Waals surface area contributed by atoms with Crippen molar-refractivity contribution >= 4 is 12.3 Å². The third-order valence-corrected chi connectivity index (χ3v) is 5.33. The minimum atomic E-state index is -0.336. The summed E-state index contributed by atoms with van der Waals surface area (Å²) >= 11 is 0. The summed E-state index contributed by atoms with van der Waals surface area (Å²) in [5.41, 5.74) is 4.84. The molecule has 3 aromatic rings. The SMILES string of the molecule is COC(=O)c1cc(-c2ccc(OCc3ccccc3)cc2C=O)n2c1CCCC2. The van der Waals surface area contributed by atoms with Crippen LogP contribution in [0, 0.1) is 0 Å². The van der Waals surface area contributed by atoms with E-state index >= 15 is 0 Å². The molecule has 1 aliphatic heterocycles. The maximum atomic E-state index is 12.2. The summed E-state index contributed by atoms with van der Waals surface area (Å²) in [7, 11) is 1.39. The largest absolute Gasteiger partial charge is 0.489 e. The van der Waals surface area contributed by atoms with Crippen molar-refractivity contribution in [2.45, 2.75) is 32.4 Å². The number of hydrogen-bond acceptors (Lipinski definition) is 4. The first-order chi connectivity index (χ1) is 14.2. The smallest absolute Gasteiger partial charge is 0.339 e. The average molecular weight is 389 g/mol. The van der Waals surface area contributed by atoms with Gasteiger partial charge in [0.2, 0.25) is 0 Å². The monoisotopic (exact) mass is 389 g/mol. The number of carbonyl (C=O) groups excluding carboxylic acids is 2. The highest BCUT2D eigenvalue weighted by Gasteiger charge is 2.24. The van der Waals surface area contributed by atoms with Gasteiger partial charge in [0.05, 0.1) is 12.7 Å². The second-order valence-corrected chi connectivity index (χ2v) is 7.13. The van der Waals surface area contributed by atoms with Crippen molar-refractivity contribution in [3.8, 4) is 17.0 Å². The van der Waals surface area contributed by atoms with E-state index in [-0.39, 0.29) is 5.97 Å². The minimum Gasteiger partial charge on any atom is -0.489 e. The van der Waals surface area contributed by atoms with Gasteiger partial charge in [0, 0.05) is 29.1 Å². The van der Waals surface area contributed by atoms with E-state index in [1.54, 1.807) is 6.07 Å². The van der Waals surface area contributed by atoms with Crippen molar-refractivity contribution in [2.24, 2.45) is 0 Å². The lowest BCUT2D eigenvalue weighted by molar-refractivity contribution is 0.0599. The summed E-state index contributed by atoms with van der Waals surface area (Å²) < 4.78 is 13.0. The van der Waals surface area contributed by atoms with Crippen LogP contribution in [-0.2, 0) is 24.3 Å². The van der Waals surface area contributed by atoms with Gasteiger partial charge in [-0.2, -0.15) is 0 Å². The van der Waals surface area contributed by atoms with E-state index in [0.717, 1.165) is 54.6 Å². The van der Waals surface area contributed by atoms with Crippen molar-refractivity contribution in [1.29, 1.82) is 0 Å². The maximum absolute atomic E-state index is 12.2. The molecule has 4 rings (SSSR count).